The van der Waals surface area contributed by atoms with Crippen LogP contribution < -0.4 is 0 Å². The Bertz CT molecular complexity index is 408. The molecule has 0 spiro atoms. The molecule has 1 unspecified atom stereocenters. The maximum Gasteiger partial charge on any atom is 0.0767 e. The fourth-order valence-electron chi connectivity index (χ4n) is 2.25. The van der Waals surface area contributed by atoms with Gasteiger partial charge in [0.2, 0.25) is 0 Å². The largest absolute Gasteiger partial charge is 0.395 e. The molecular formula is C12H20BrN3O2. The first-order valence-electron chi connectivity index (χ1n) is 6.30. The van der Waals surface area contributed by atoms with Gasteiger partial charge in [-0.05, 0) is 22.4 Å². The predicted octanol–water partition coefficient (Wildman–Crippen LogP) is 0.938. The van der Waals surface area contributed by atoms with E-state index < -0.39 is 0 Å². The molecule has 0 amide bonds. The molecule has 5 nitrogen and oxygen atoms in total. The molecule has 18 heavy (non-hydrogen) atoms. The fourth-order valence-corrected chi connectivity index (χ4v) is 2.99. The van der Waals surface area contributed by atoms with Crippen LogP contribution in [0.1, 0.15) is 18.3 Å². The van der Waals surface area contributed by atoms with Gasteiger partial charge in [0.1, 0.15) is 0 Å². The second-order valence-electron chi connectivity index (χ2n) is 4.57. The van der Waals surface area contributed by atoms with Crippen molar-refractivity contribution in [2.75, 3.05) is 26.4 Å². The average molecular weight is 318 g/mol. The van der Waals surface area contributed by atoms with Crippen molar-refractivity contribution in [3.05, 3.63) is 15.9 Å². The maximum absolute atomic E-state index is 9.37. The molecule has 1 aromatic rings. The van der Waals surface area contributed by atoms with Gasteiger partial charge in [-0.2, -0.15) is 5.10 Å². The Morgan fingerprint density at radius 3 is 2.94 bits per heavy atom. The maximum atomic E-state index is 9.37. The molecule has 0 aromatic carbocycles. The second kappa shape index (κ2) is 6.14. The third-order valence-electron chi connectivity index (χ3n) is 3.42. The van der Waals surface area contributed by atoms with Crippen LogP contribution in [-0.4, -0.2) is 52.2 Å². The van der Waals surface area contributed by atoms with Crippen molar-refractivity contribution < 1.29 is 9.84 Å². The van der Waals surface area contributed by atoms with Crippen LogP contribution in [0, 0.1) is 0 Å². The molecule has 0 bridgehead atoms. The lowest BCUT2D eigenvalue weighted by Gasteiger charge is -2.34. The molecular weight excluding hydrogens is 298 g/mol. The predicted molar refractivity (Wildman–Crippen MR) is 72.4 cm³/mol. The number of aryl methyl sites for hydroxylation is 2. The highest BCUT2D eigenvalue weighted by Gasteiger charge is 2.24. The van der Waals surface area contributed by atoms with Crippen LogP contribution >= 0.6 is 15.9 Å². The Balaban J connectivity index is 2.15. The first kappa shape index (κ1) is 14.0. The Kier molecular flexibility index (Phi) is 4.77. The molecule has 102 valence electrons. The highest BCUT2D eigenvalue weighted by molar-refractivity contribution is 9.10. The van der Waals surface area contributed by atoms with Crippen LogP contribution in [0.15, 0.2) is 4.47 Å². The van der Waals surface area contributed by atoms with Crippen LogP contribution in [0.5, 0.6) is 0 Å². The lowest BCUT2D eigenvalue weighted by atomic mass is 10.2. The van der Waals surface area contributed by atoms with Gasteiger partial charge >= 0.3 is 0 Å². The average Bonchev–Trinajstić information content (AvgIpc) is 2.66. The van der Waals surface area contributed by atoms with E-state index in [1.165, 1.54) is 0 Å². The number of aliphatic hydroxyl groups is 1. The number of ether oxygens (including phenoxy) is 1. The molecule has 1 aliphatic rings. The van der Waals surface area contributed by atoms with Crippen LogP contribution in [0.3, 0.4) is 0 Å². The van der Waals surface area contributed by atoms with Crippen molar-refractivity contribution in [3.63, 3.8) is 0 Å². The summed E-state index contributed by atoms with van der Waals surface area (Å²) < 4.78 is 8.41. The van der Waals surface area contributed by atoms with Crippen molar-refractivity contribution >= 4 is 15.9 Å². The lowest BCUT2D eigenvalue weighted by Crippen LogP contribution is -2.47. The third kappa shape index (κ3) is 2.77. The molecule has 2 rings (SSSR count). The highest BCUT2D eigenvalue weighted by Crippen LogP contribution is 2.24. The summed E-state index contributed by atoms with van der Waals surface area (Å²) in [7, 11) is 1.97. The minimum atomic E-state index is 0.0885. The minimum Gasteiger partial charge on any atom is -0.395 e. The SMILES string of the molecule is CCc1nn(C)c(CN2CCOCC2CO)c1Br. The van der Waals surface area contributed by atoms with Gasteiger partial charge in [0.25, 0.3) is 0 Å². The van der Waals surface area contributed by atoms with Gasteiger partial charge in [0, 0.05) is 20.1 Å². The molecule has 1 aliphatic heterocycles. The molecule has 2 heterocycles. The summed E-state index contributed by atoms with van der Waals surface area (Å²) in [5.74, 6) is 0. The van der Waals surface area contributed by atoms with Crippen LogP contribution in [0.4, 0.5) is 0 Å². The monoisotopic (exact) mass is 317 g/mol. The number of nitrogens with zero attached hydrogens (tertiary/aromatic N) is 3. The quantitative estimate of drug-likeness (QED) is 0.898. The molecule has 1 atom stereocenters. The van der Waals surface area contributed by atoms with Gasteiger partial charge in [-0.15, -0.1) is 0 Å². The van der Waals surface area contributed by atoms with Gasteiger partial charge < -0.3 is 9.84 Å². The van der Waals surface area contributed by atoms with E-state index in [1.807, 2.05) is 11.7 Å². The molecule has 0 radical (unpaired) electrons. The third-order valence-corrected chi connectivity index (χ3v) is 4.33. The van der Waals surface area contributed by atoms with Crippen molar-refractivity contribution in [1.29, 1.82) is 0 Å². The number of halogens is 1. The van der Waals surface area contributed by atoms with Gasteiger partial charge in [-0.3, -0.25) is 9.58 Å². The van der Waals surface area contributed by atoms with Gasteiger partial charge in [0.15, 0.2) is 0 Å². The number of hydrogen-bond acceptors (Lipinski definition) is 4. The zero-order valence-electron chi connectivity index (χ0n) is 10.9. The Hall–Kier alpha value is -0.430. The van der Waals surface area contributed by atoms with Crippen molar-refractivity contribution in [3.8, 4) is 0 Å². The zero-order valence-corrected chi connectivity index (χ0v) is 12.5. The summed E-state index contributed by atoms with van der Waals surface area (Å²) in [6, 6.07) is 0.0885. The molecule has 0 saturated carbocycles. The van der Waals surface area contributed by atoms with E-state index >= 15 is 0 Å². The second-order valence-corrected chi connectivity index (χ2v) is 5.36. The summed E-state index contributed by atoms with van der Waals surface area (Å²) in [5, 5.41) is 13.9. The summed E-state index contributed by atoms with van der Waals surface area (Å²) in [5.41, 5.74) is 2.24. The van der Waals surface area contributed by atoms with E-state index in [0.29, 0.717) is 6.61 Å². The van der Waals surface area contributed by atoms with E-state index in [4.69, 9.17) is 4.74 Å². The molecule has 1 N–H and O–H groups in total. The summed E-state index contributed by atoms with van der Waals surface area (Å²) in [6.07, 6.45) is 0.918. The Morgan fingerprint density at radius 2 is 2.33 bits per heavy atom. The van der Waals surface area contributed by atoms with Crippen LogP contribution in [0.2, 0.25) is 0 Å². The van der Waals surface area contributed by atoms with Crippen molar-refractivity contribution in [2.24, 2.45) is 7.05 Å². The lowest BCUT2D eigenvalue weighted by molar-refractivity contribution is -0.0322. The van der Waals surface area contributed by atoms with E-state index in [9.17, 15) is 5.11 Å². The van der Waals surface area contributed by atoms with E-state index in [-0.39, 0.29) is 12.6 Å². The summed E-state index contributed by atoms with van der Waals surface area (Å²) in [4.78, 5) is 2.25. The zero-order chi connectivity index (χ0) is 13.1. The fraction of sp³-hybridized carbons (Fsp3) is 0.750. The van der Waals surface area contributed by atoms with E-state index in [0.717, 1.165) is 42.0 Å². The first-order chi connectivity index (χ1) is 8.67. The van der Waals surface area contributed by atoms with Gasteiger partial charge in [-0.25, -0.2) is 0 Å². The Labute approximate surface area is 116 Å². The minimum absolute atomic E-state index is 0.0885. The number of hydrogen-bond donors (Lipinski definition) is 1. The van der Waals surface area contributed by atoms with Crippen LogP contribution in [-0.2, 0) is 24.8 Å². The molecule has 1 saturated heterocycles. The van der Waals surface area contributed by atoms with Gasteiger partial charge in [0.05, 0.1) is 41.7 Å². The smallest absolute Gasteiger partial charge is 0.0767 e. The molecule has 1 fully saturated rings. The molecule has 0 aliphatic carbocycles. The highest BCUT2D eigenvalue weighted by atomic mass is 79.9. The molecule has 1 aromatic heterocycles. The van der Waals surface area contributed by atoms with Gasteiger partial charge in [-0.1, -0.05) is 6.92 Å². The van der Waals surface area contributed by atoms with E-state index in [1.54, 1.807) is 0 Å². The number of rotatable bonds is 4. The summed E-state index contributed by atoms with van der Waals surface area (Å²) in [6.45, 7) is 5.21. The standard InChI is InChI=1S/C12H20BrN3O2/c1-3-10-12(13)11(15(2)14-10)6-16-4-5-18-8-9(16)7-17/h9,17H,3-8H2,1-2H3. The Morgan fingerprint density at radius 1 is 1.56 bits per heavy atom. The number of morpholine rings is 1. The molecule has 6 heteroatoms. The van der Waals surface area contributed by atoms with Crippen molar-refractivity contribution in [1.82, 2.24) is 14.7 Å². The van der Waals surface area contributed by atoms with Crippen molar-refractivity contribution in [2.45, 2.75) is 25.9 Å². The first-order valence-corrected chi connectivity index (χ1v) is 7.09. The number of aromatic nitrogens is 2. The normalized spacial score (nSPS) is 21.4. The number of aliphatic hydroxyl groups excluding tert-OH is 1. The summed E-state index contributed by atoms with van der Waals surface area (Å²) >= 11 is 3.63. The topological polar surface area (TPSA) is 50.5 Å². The van der Waals surface area contributed by atoms with E-state index in [2.05, 4.69) is 32.9 Å². The van der Waals surface area contributed by atoms with Crippen LogP contribution in [0.25, 0.3) is 0 Å².